The molecule has 0 aromatic heterocycles. The van der Waals surface area contributed by atoms with Gasteiger partial charge in [-0.3, -0.25) is 4.84 Å². The Balaban J connectivity index is 1.42. The summed E-state index contributed by atoms with van der Waals surface area (Å²) in [7, 11) is 0. The van der Waals surface area contributed by atoms with Crippen LogP contribution in [0.4, 0.5) is 0 Å². The smallest absolute Gasteiger partial charge is 0.0829 e. The van der Waals surface area contributed by atoms with Gasteiger partial charge in [-0.25, -0.2) is 0 Å². The van der Waals surface area contributed by atoms with E-state index in [1.165, 1.54) is 11.1 Å². The summed E-state index contributed by atoms with van der Waals surface area (Å²) in [5.41, 5.74) is 2.57. The van der Waals surface area contributed by atoms with E-state index in [1.54, 1.807) is 0 Å². The van der Waals surface area contributed by atoms with Crippen LogP contribution >= 0.6 is 0 Å². The first-order chi connectivity index (χ1) is 10.9. The molecule has 0 N–H and O–H groups in total. The number of fused-ring (bicyclic) bond motifs is 1. The van der Waals surface area contributed by atoms with E-state index in [1.807, 2.05) is 6.07 Å². The van der Waals surface area contributed by atoms with E-state index >= 15 is 0 Å². The second-order valence-corrected chi connectivity index (χ2v) is 6.15. The zero-order chi connectivity index (χ0) is 14.8. The predicted octanol–water partition coefficient (Wildman–Crippen LogP) is 3.58. The highest BCUT2D eigenvalue weighted by atomic mass is 16.7. The van der Waals surface area contributed by atoms with Crippen molar-refractivity contribution in [2.45, 2.75) is 25.1 Å². The van der Waals surface area contributed by atoms with Crippen molar-refractivity contribution in [1.82, 2.24) is 5.06 Å². The third-order valence-corrected chi connectivity index (χ3v) is 4.71. The summed E-state index contributed by atoms with van der Waals surface area (Å²) < 4.78 is 6.12. The number of hydrogen-bond acceptors (Lipinski definition) is 3. The van der Waals surface area contributed by atoms with Gasteiger partial charge in [0, 0.05) is 12.5 Å². The quantitative estimate of drug-likeness (QED) is 0.864. The molecule has 0 saturated carbocycles. The summed E-state index contributed by atoms with van der Waals surface area (Å²) in [5, 5.41) is 2.11. The summed E-state index contributed by atoms with van der Waals surface area (Å²) in [6.45, 7) is 2.39. The minimum atomic E-state index is 0.211. The van der Waals surface area contributed by atoms with Gasteiger partial charge in [0.15, 0.2) is 0 Å². The van der Waals surface area contributed by atoms with Gasteiger partial charge in [-0.15, -0.1) is 0 Å². The average molecular weight is 295 g/mol. The number of ether oxygens (including phenoxy) is 1. The Labute approximate surface area is 131 Å². The zero-order valence-corrected chi connectivity index (χ0v) is 12.6. The van der Waals surface area contributed by atoms with Crippen molar-refractivity contribution in [3.8, 4) is 0 Å². The lowest BCUT2D eigenvalue weighted by molar-refractivity contribution is -0.157. The normalized spacial score (nSPS) is 28.5. The van der Waals surface area contributed by atoms with Crippen LogP contribution in [0.5, 0.6) is 0 Å². The maximum Gasteiger partial charge on any atom is 0.0829 e. The largest absolute Gasteiger partial charge is 0.372 e. The molecular formula is C19H21NO2. The van der Waals surface area contributed by atoms with E-state index in [4.69, 9.17) is 9.57 Å². The fourth-order valence-corrected chi connectivity index (χ4v) is 3.46. The molecule has 0 amide bonds. The first-order valence-corrected chi connectivity index (χ1v) is 8.00. The van der Waals surface area contributed by atoms with Crippen molar-refractivity contribution in [3.05, 3.63) is 71.8 Å². The molecule has 114 valence electrons. The number of nitrogens with zero attached hydrogens (tertiary/aromatic N) is 1. The van der Waals surface area contributed by atoms with Crippen molar-refractivity contribution in [3.63, 3.8) is 0 Å². The van der Waals surface area contributed by atoms with Gasteiger partial charge in [0.2, 0.25) is 0 Å². The number of hydroxylamine groups is 2. The van der Waals surface area contributed by atoms with Gasteiger partial charge in [-0.05, 0) is 17.5 Å². The Hall–Kier alpha value is -1.68. The summed E-state index contributed by atoms with van der Waals surface area (Å²) in [5.74, 6) is 0.558. The van der Waals surface area contributed by atoms with Crippen molar-refractivity contribution < 1.29 is 9.57 Å². The van der Waals surface area contributed by atoms with Crippen LogP contribution in [0.15, 0.2) is 60.7 Å². The number of rotatable bonds is 3. The summed E-state index contributed by atoms with van der Waals surface area (Å²) >= 11 is 0. The van der Waals surface area contributed by atoms with Crippen molar-refractivity contribution in [2.75, 3.05) is 13.2 Å². The van der Waals surface area contributed by atoms with Crippen LogP contribution in [0.2, 0.25) is 0 Å². The van der Waals surface area contributed by atoms with Crippen LogP contribution in [0.25, 0.3) is 0 Å². The Morgan fingerprint density at radius 2 is 1.64 bits per heavy atom. The van der Waals surface area contributed by atoms with Crippen LogP contribution in [-0.4, -0.2) is 24.3 Å². The lowest BCUT2D eigenvalue weighted by atomic mass is 9.89. The van der Waals surface area contributed by atoms with Crippen molar-refractivity contribution >= 4 is 0 Å². The van der Waals surface area contributed by atoms with Gasteiger partial charge in [0.25, 0.3) is 0 Å². The molecule has 22 heavy (non-hydrogen) atoms. The maximum absolute atomic E-state index is 6.12. The number of benzene rings is 2. The molecule has 2 aromatic carbocycles. The molecule has 3 nitrogen and oxygen atoms in total. The highest BCUT2D eigenvalue weighted by molar-refractivity contribution is 5.19. The van der Waals surface area contributed by atoms with Gasteiger partial charge < -0.3 is 4.74 Å². The molecule has 4 rings (SSSR count). The second kappa shape index (κ2) is 6.21. The second-order valence-electron chi connectivity index (χ2n) is 6.15. The van der Waals surface area contributed by atoms with Crippen LogP contribution in [0.3, 0.4) is 0 Å². The molecule has 2 fully saturated rings. The van der Waals surface area contributed by atoms with Crippen molar-refractivity contribution in [2.24, 2.45) is 5.92 Å². The third kappa shape index (κ3) is 2.80. The van der Waals surface area contributed by atoms with E-state index < -0.39 is 0 Å². The van der Waals surface area contributed by atoms with E-state index in [0.717, 1.165) is 26.2 Å². The molecule has 0 aliphatic carbocycles. The van der Waals surface area contributed by atoms with Crippen LogP contribution in [0.1, 0.15) is 23.7 Å². The first-order valence-electron chi connectivity index (χ1n) is 8.00. The molecule has 2 heterocycles. The Bertz CT molecular complexity index is 601. The van der Waals surface area contributed by atoms with Gasteiger partial charge in [-0.1, -0.05) is 60.7 Å². The van der Waals surface area contributed by atoms with E-state index in [-0.39, 0.29) is 6.10 Å². The topological polar surface area (TPSA) is 21.7 Å². The first kappa shape index (κ1) is 13.9. The van der Waals surface area contributed by atoms with Crippen molar-refractivity contribution in [1.29, 1.82) is 0 Å². The lowest BCUT2D eigenvalue weighted by Gasteiger charge is -2.34. The van der Waals surface area contributed by atoms with E-state index in [0.29, 0.717) is 12.0 Å². The SMILES string of the molecule is c1ccc(CN2OC[C@H]3C[C@H](c4ccccc4)OC[C@H]32)cc1. The summed E-state index contributed by atoms with van der Waals surface area (Å²) in [6, 6.07) is 21.4. The van der Waals surface area contributed by atoms with E-state index in [9.17, 15) is 0 Å². The molecule has 0 bridgehead atoms. The van der Waals surface area contributed by atoms with Gasteiger partial charge in [0.1, 0.15) is 0 Å². The molecule has 2 aliphatic rings. The minimum absolute atomic E-state index is 0.211. The molecule has 2 saturated heterocycles. The highest BCUT2D eigenvalue weighted by Crippen LogP contribution is 2.37. The predicted molar refractivity (Wildman–Crippen MR) is 85.0 cm³/mol. The molecule has 0 spiro atoms. The molecule has 0 radical (unpaired) electrons. The molecule has 0 unspecified atom stereocenters. The molecule has 3 atom stereocenters. The monoisotopic (exact) mass is 295 g/mol. The lowest BCUT2D eigenvalue weighted by Crippen LogP contribution is -2.40. The van der Waals surface area contributed by atoms with Gasteiger partial charge >= 0.3 is 0 Å². The third-order valence-electron chi connectivity index (χ3n) is 4.71. The van der Waals surface area contributed by atoms with Crippen LogP contribution < -0.4 is 0 Å². The van der Waals surface area contributed by atoms with Gasteiger partial charge in [-0.2, -0.15) is 5.06 Å². The Kier molecular flexibility index (Phi) is 3.94. The maximum atomic E-state index is 6.12. The van der Waals surface area contributed by atoms with Gasteiger partial charge in [0.05, 0.1) is 25.4 Å². The highest BCUT2D eigenvalue weighted by Gasteiger charge is 2.41. The van der Waals surface area contributed by atoms with Crippen LogP contribution in [0, 0.1) is 5.92 Å². The average Bonchev–Trinajstić information content (AvgIpc) is 2.99. The fraction of sp³-hybridized carbons (Fsp3) is 0.368. The standard InChI is InChI=1S/C19H21NO2/c1-3-7-15(8-4-1)12-20-18-14-21-19(11-17(18)13-22-20)16-9-5-2-6-10-16/h1-10,17-19H,11-14H2/t17-,18-,19-/m1/s1. The van der Waals surface area contributed by atoms with Crippen LogP contribution in [-0.2, 0) is 16.1 Å². The fourth-order valence-electron chi connectivity index (χ4n) is 3.46. The summed E-state index contributed by atoms with van der Waals surface area (Å²) in [6.07, 6.45) is 1.25. The van der Waals surface area contributed by atoms with E-state index in [2.05, 4.69) is 59.7 Å². The Morgan fingerprint density at radius 1 is 0.909 bits per heavy atom. The number of hydrogen-bond donors (Lipinski definition) is 0. The molecule has 2 aromatic rings. The molecular weight excluding hydrogens is 274 g/mol. The molecule has 2 aliphatic heterocycles. The molecule has 3 heteroatoms. The minimum Gasteiger partial charge on any atom is -0.372 e. The Morgan fingerprint density at radius 3 is 2.41 bits per heavy atom. The zero-order valence-electron chi connectivity index (χ0n) is 12.6. The summed E-state index contributed by atoms with van der Waals surface area (Å²) in [4.78, 5) is 5.94.